The quantitative estimate of drug-likeness (QED) is 0.592. The lowest BCUT2D eigenvalue weighted by molar-refractivity contribution is 1.37. The fourth-order valence-corrected chi connectivity index (χ4v) is 3.58. The minimum atomic E-state index is 0.779. The monoisotopic (exact) mass is 274 g/mol. The van der Waals surface area contributed by atoms with E-state index in [0.29, 0.717) is 0 Å². The molecule has 68 valence electrons. The molecule has 0 radical (unpaired) electrons. The highest BCUT2D eigenvalue weighted by molar-refractivity contribution is 9.10. The predicted octanol–water partition coefficient (Wildman–Crippen LogP) is 2.45. The second-order valence-electron chi connectivity index (χ2n) is 2.83. The van der Waals surface area contributed by atoms with Crippen LogP contribution in [-0.2, 0) is 0 Å². The van der Waals surface area contributed by atoms with Crippen molar-refractivity contribution < 1.29 is 0 Å². The number of nitrogen functional groups attached to an aromatic ring is 1. The van der Waals surface area contributed by atoms with Crippen molar-refractivity contribution in [1.29, 1.82) is 0 Å². The number of hydrogen-bond donors (Lipinski definition) is 1. The first-order valence-corrected chi connectivity index (χ1v) is 5.85. The van der Waals surface area contributed by atoms with E-state index in [0.717, 1.165) is 26.5 Å². The molecule has 0 saturated carbocycles. The molecule has 2 rings (SSSR count). The van der Waals surface area contributed by atoms with Crippen LogP contribution in [0.15, 0.2) is 10.5 Å². The number of halogens is 1. The number of aromatic nitrogens is 1. The van der Waals surface area contributed by atoms with Crippen LogP contribution in [0.1, 0.15) is 5.69 Å². The SMILES string of the molecule is Cc1nsc2cc(P)c(N)c(Br)c12. The number of nitrogens with two attached hydrogens (primary N) is 1. The van der Waals surface area contributed by atoms with Gasteiger partial charge in [0.25, 0.3) is 0 Å². The minimum Gasteiger partial charge on any atom is -0.397 e. The van der Waals surface area contributed by atoms with E-state index in [2.05, 4.69) is 29.5 Å². The van der Waals surface area contributed by atoms with Crippen LogP contribution >= 0.6 is 36.7 Å². The Bertz CT molecular complexity index is 480. The molecule has 0 bridgehead atoms. The molecule has 2 nitrogen and oxygen atoms in total. The smallest absolute Gasteiger partial charge is 0.0602 e. The minimum absolute atomic E-state index is 0.779. The highest BCUT2D eigenvalue weighted by atomic mass is 79.9. The van der Waals surface area contributed by atoms with Gasteiger partial charge >= 0.3 is 0 Å². The molecule has 0 aliphatic heterocycles. The lowest BCUT2D eigenvalue weighted by atomic mass is 10.2. The molecule has 2 aromatic rings. The molecule has 13 heavy (non-hydrogen) atoms. The van der Waals surface area contributed by atoms with Gasteiger partial charge in [-0.05, 0) is 45.8 Å². The largest absolute Gasteiger partial charge is 0.397 e. The summed E-state index contributed by atoms with van der Waals surface area (Å²) in [5.41, 5.74) is 7.69. The maximum atomic E-state index is 5.89. The van der Waals surface area contributed by atoms with E-state index in [1.807, 2.05) is 13.0 Å². The lowest BCUT2D eigenvalue weighted by Crippen LogP contribution is -2.01. The number of hydrogen-bond acceptors (Lipinski definition) is 3. The molecule has 2 N–H and O–H groups in total. The summed E-state index contributed by atoms with van der Waals surface area (Å²) in [6.45, 7) is 1.99. The van der Waals surface area contributed by atoms with Crippen LogP contribution in [0.4, 0.5) is 5.69 Å². The van der Waals surface area contributed by atoms with Gasteiger partial charge in [0, 0.05) is 5.39 Å². The van der Waals surface area contributed by atoms with Gasteiger partial charge in [0.15, 0.2) is 0 Å². The maximum absolute atomic E-state index is 5.89. The third-order valence-electron chi connectivity index (χ3n) is 1.94. The summed E-state index contributed by atoms with van der Waals surface area (Å²) >= 11 is 4.99. The van der Waals surface area contributed by atoms with Gasteiger partial charge in [-0.15, -0.1) is 9.24 Å². The Labute approximate surface area is 91.0 Å². The molecule has 1 heterocycles. The molecule has 0 saturated heterocycles. The van der Waals surface area contributed by atoms with Crippen molar-refractivity contribution in [2.75, 3.05) is 5.73 Å². The summed E-state index contributed by atoms with van der Waals surface area (Å²) in [6.07, 6.45) is 0. The molecule has 5 heteroatoms. The topological polar surface area (TPSA) is 38.9 Å². The molecule has 0 aliphatic rings. The van der Waals surface area contributed by atoms with Gasteiger partial charge in [-0.25, -0.2) is 0 Å². The van der Waals surface area contributed by atoms with Crippen molar-refractivity contribution >= 4 is 57.8 Å². The first kappa shape index (κ1) is 9.38. The van der Waals surface area contributed by atoms with Crippen LogP contribution in [-0.4, -0.2) is 4.37 Å². The van der Waals surface area contributed by atoms with Crippen LogP contribution in [0, 0.1) is 6.92 Å². The van der Waals surface area contributed by atoms with E-state index >= 15 is 0 Å². The molecule has 0 amide bonds. The second-order valence-corrected chi connectivity index (χ2v) is 5.05. The number of fused-ring (bicyclic) bond motifs is 1. The van der Waals surface area contributed by atoms with Crippen LogP contribution in [0.3, 0.4) is 0 Å². The molecule has 0 fully saturated rings. The first-order valence-electron chi connectivity index (χ1n) is 3.70. The van der Waals surface area contributed by atoms with Crippen molar-refractivity contribution in [3.63, 3.8) is 0 Å². The first-order chi connectivity index (χ1) is 6.11. The van der Waals surface area contributed by atoms with Crippen LogP contribution in [0.5, 0.6) is 0 Å². The number of nitrogens with zero attached hydrogens (tertiary/aromatic N) is 1. The molecular weight excluding hydrogens is 267 g/mol. The highest BCUT2D eigenvalue weighted by Crippen LogP contribution is 2.33. The normalized spacial score (nSPS) is 11.0. The molecule has 0 aliphatic carbocycles. The zero-order valence-corrected chi connectivity index (χ0v) is 10.5. The van der Waals surface area contributed by atoms with Crippen molar-refractivity contribution in [3.05, 3.63) is 16.2 Å². The Morgan fingerprint density at radius 2 is 2.31 bits per heavy atom. The Hall–Kier alpha value is -0.180. The summed E-state index contributed by atoms with van der Waals surface area (Å²) in [7, 11) is 2.63. The average molecular weight is 275 g/mol. The highest BCUT2D eigenvalue weighted by Gasteiger charge is 2.10. The van der Waals surface area contributed by atoms with E-state index in [1.165, 1.54) is 16.2 Å². The van der Waals surface area contributed by atoms with E-state index in [-0.39, 0.29) is 0 Å². The Balaban J connectivity index is 2.97. The molecule has 1 aromatic heterocycles. The Morgan fingerprint density at radius 3 is 3.00 bits per heavy atom. The fourth-order valence-electron chi connectivity index (χ4n) is 1.23. The van der Waals surface area contributed by atoms with Crippen LogP contribution in [0.25, 0.3) is 10.1 Å². The number of anilines is 1. The second kappa shape index (κ2) is 3.19. The van der Waals surface area contributed by atoms with Crippen molar-refractivity contribution in [1.82, 2.24) is 4.37 Å². The molecule has 1 unspecified atom stereocenters. The van der Waals surface area contributed by atoms with Crippen LogP contribution in [0.2, 0.25) is 0 Å². The zero-order chi connectivity index (χ0) is 9.59. The predicted molar refractivity (Wildman–Crippen MR) is 65.8 cm³/mol. The lowest BCUT2D eigenvalue weighted by Gasteiger charge is -2.03. The standard InChI is InChI=1S/C8H8BrN2PS/c1-3-6-5(13-11-3)2-4(12)8(10)7(6)9/h2H,10,12H2,1H3. The average Bonchev–Trinajstić information content (AvgIpc) is 2.43. The van der Waals surface area contributed by atoms with Crippen molar-refractivity contribution in [3.8, 4) is 0 Å². The maximum Gasteiger partial charge on any atom is 0.0602 e. The number of rotatable bonds is 0. The van der Waals surface area contributed by atoms with Gasteiger partial charge in [-0.1, -0.05) is 0 Å². The molecule has 0 spiro atoms. The van der Waals surface area contributed by atoms with E-state index < -0.39 is 0 Å². The summed E-state index contributed by atoms with van der Waals surface area (Å²) in [5.74, 6) is 0. The summed E-state index contributed by atoms with van der Waals surface area (Å²) in [4.78, 5) is 0. The van der Waals surface area contributed by atoms with Gasteiger partial charge in [0.1, 0.15) is 0 Å². The number of aryl methyl sites for hydroxylation is 1. The zero-order valence-electron chi connectivity index (χ0n) is 6.97. The van der Waals surface area contributed by atoms with Crippen molar-refractivity contribution in [2.45, 2.75) is 6.92 Å². The van der Waals surface area contributed by atoms with Gasteiger partial charge in [0.2, 0.25) is 0 Å². The van der Waals surface area contributed by atoms with E-state index in [9.17, 15) is 0 Å². The van der Waals surface area contributed by atoms with Gasteiger partial charge in [0.05, 0.1) is 20.6 Å². The van der Waals surface area contributed by atoms with Gasteiger partial charge in [-0.3, -0.25) is 0 Å². The van der Waals surface area contributed by atoms with Gasteiger partial charge < -0.3 is 5.73 Å². The van der Waals surface area contributed by atoms with Crippen LogP contribution < -0.4 is 11.0 Å². The number of benzene rings is 1. The van der Waals surface area contributed by atoms with Gasteiger partial charge in [-0.2, -0.15) is 4.37 Å². The molecule has 1 atom stereocenters. The van der Waals surface area contributed by atoms with E-state index in [4.69, 9.17) is 5.73 Å². The Kier molecular flexibility index (Phi) is 2.30. The Morgan fingerprint density at radius 1 is 1.62 bits per heavy atom. The fraction of sp³-hybridized carbons (Fsp3) is 0.125. The van der Waals surface area contributed by atoms with E-state index in [1.54, 1.807) is 0 Å². The summed E-state index contributed by atoms with van der Waals surface area (Å²) < 4.78 is 6.42. The third kappa shape index (κ3) is 1.37. The van der Waals surface area contributed by atoms with Crippen molar-refractivity contribution in [2.24, 2.45) is 0 Å². The third-order valence-corrected chi connectivity index (χ3v) is 4.13. The summed E-state index contributed by atoms with van der Waals surface area (Å²) in [5, 5.41) is 2.15. The summed E-state index contributed by atoms with van der Waals surface area (Å²) in [6, 6.07) is 2.05. The molecule has 1 aromatic carbocycles. The molecular formula is C8H8BrN2PS.